The van der Waals surface area contributed by atoms with Gasteiger partial charge in [-0.2, -0.15) is 0 Å². The number of nitrogens with zero attached hydrogens (tertiary/aromatic N) is 3. The van der Waals surface area contributed by atoms with Crippen molar-refractivity contribution in [1.29, 1.82) is 0 Å². The molecule has 10 heteroatoms. The number of nitrogens with two attached hydrogens (primary N) is 1. The molecular formula is C24H25FN4O4S. The predicted molar refractivity (Wildman–Crippen MR) is 124 cm³/mol. The van der Waals surface area contributed by atoms with Crippen molar-refractivity contribution >= 4 is 21.6 Å². The maximum absolute atomic E-state index is 13.6. The molecule has 1 atom stereocenters. The van der Waals surface area contributed by atoms with Gasteiger partial charge in [-0.25, -0.2) is 22.8 Å². The van der Waals surface area contributed by atoms with Gasteiger partial charge < -0.3 is 15.4 Å². The van der Waals surface area contributed by atoms with Crippen molar-refractivity contribution < 1.29 is 22.3 Å². The quantitative estimate of drug-likeness (QED) is 0.563. The first-order chi connectivity index (χ1) is 16.0. The fourth-order valence-corrected chi connectivity index (χ4v) is 5.79. The number of halogens is 1. The largest absolute Gasteiger partial charge is 0.439 e. The van der Waals surface area contributed by atoms with Crippen LogP contribution < -0.4 is 15.4 Å². The van der Waals surface area contributed by atoms with E-state index in [4.69, 9.17) is 10.5 Å². The number of anilines is 1. The molecule has 34 heavy (non-hydrogen) atoms. The van der Waals surface area contributed by atoms with Crippen LogP contribution in [0.25, 0.3) is 0 Å². The van der Waals surface area contributed by atoms with E-state index in [1.807, 2.05) is 18.7 Å². The van der Waals surface area contributed by atoms with Gasteiger partial charge in [0, 0.05) is 24.3 Å². The second kappa shape index (κ2) is 8.68. The van der Waals surface area contributed by atoms with Gasteiger partial charge in [-0.15, -0.1) is 0 Å². The first-order valence-corrected chi connectivity index (χ1v) is 12.2. The minimum Gasteiger partial charge on any atom is -0.439 e. The van der Waals surface area contributed by atoms with Crippen molar-refractivity contribution in [3.63, 3.8) is 0 Å². The molecule has 0 aliphatic carbocycles. The molecule has 1 amide bonds. The van der Waals surface area contributed by atoms with E-state index in [9.17, 15) is 17.6 Å². The molecule has 1 unspecified atom stereocenters. The van der Waals surface area contributed by atoms with Crippen molar-refractivity contribution in [2.45, 2.75) is 42.7 Å². The number of amides is 1. The zero-order valence-electron chi connectivity index (χ0n) is 19.0. The van der Waals surface area contributed by atoms with E-state index >= 15 is 0 Å². The summed E-state index contributed by atoms with van der Waals surface area (Å²) < 4.78 is 45.9. The topological polar surface area (TPSA) is 115 Å². The van der Waals surface area contributed by atoms with Gasteiger partial charge >= 0.3 is 0 Å². The van der Waals surface area contributed by atoms with Crippen LogP contribution in [0.2, 0.25) is 0 Å². The second-order valence-electron chi connectivity index (χ2n) is 8.98. The standard InChI is InChI=1S/C24H25FN4O4S/c1-15-13-24(2,3)29(14-15)23-21(22(26)30)18(11-12-27-23)34(31,32)20-6-4-5-19(28-20)33-17-9-7-16(25)8-10-17/h4-12,15H,13-14H2,1-3H3,(H2,26,30). The summed E-state index contributed by atoms with van der Waals surface area (Å²) in [6, 6.07) is 10.7. The highest BCUT2D eigenvalue weighted by atomic mass is 32.2. The number of aromatic nitrogens is 2. The van der Waals surface area contributed by atoms with Crippen LogP contribution in [0.15, 0.2) is 64.6 Å². The van der Waals surface area contributed by atoms with E-state index in [2.05, 4.69) is 16.9 Å². The van der Waals surface area contributed by atoms with Crippen LogP contribution >= 0.6 is 0 Å². The van der Waals surface area contributed by atoms with Crippen molar-refractivity contribution in [3.8, 4) is 11.6 Å². The van der Waals surface area contributed by atoms with Gasteiger partial charge in [-0.05, 0) is 62.6 Å². The van der Waals surface area contributed by atoms with E-state index in [-0.39, 0.29) is 38.5 Å². The Morgan fingerprint density at radius 1 is 1.18 bits per heavy atom. The van der Waals surface area contributed by atoms with Crippen LogP contribution in [0.3, 0.4) is 0 Å². The van der Waals surface area contributed by atoms with Gasteiger partial charge in [0.1, 0.15) is 22.9 Å². The number of pyridine rings is 2. The summed E-state index contributed by atoms with van der Waals surface area (Å²) in [6.07, 6.45) is 2.21. The molecular weight excluding hydrogens is 459 g/mol. The molecule has 3 heterocycles. The van der Waals surface area contributed by atoms with Crippen LogP contribution in [0, 0.1) is 11.7 Å². The van der Waals surface area contributed by atoms with E-state index in [1.165, 1.54) is 54.7 Å². The zero-order chi connectivity index (χ0) is 24.7. The molecule has 0 bridgehead atoms. The van der Waals surface area contributed by atoms with Gasteiger partial charge in [0.2, 0.25) is 15.7 Å². The lowest BCUT2D eigenvalue weighted by atomic mass is 9.97. The van der Waals surface area contributed by atoms with Gasteiger partial charge in [-0.3, -0.25) is 4.79 Å². The maximum Gasteiger partial charge on any atom is 0.253 e. The number of carbonyl (C=O) groups excluding carboxylic acids is 1. The first kappa shape index (κ1) is 23.6. The fourth-order valence-electron chi connectivity index (χ4n) is 4.39. The Hall–Kier alpha value is -3.53. The molecule has 4 rings (SSSR count). The molecule has 2 N–H and O–H groups in total. The Morgan fingerprint density at radius 2 is 1.88 bits per heavy atom. The SMILES string of the molecule is CC1CN(c2nccc(S(=O)(=O)c3cccc(Oc4ccc(F)cc4)n3)c2C(N)=O)C(C)(C)C1. The Kier molecular flexibility index (Phi) is 6.03. The third-order valence-corrected chi connectivity index (χ3v) is 7.46. The van der Waals surface area contributed by atoms with Gasteiger partial charge in [0.25, 0.3) is 5.91 Å². The van der Waals surface area contributed by atoms with Crippen molar-refractivity contribution in [3.05, 3.63) is 66.1 Å². The van der Waals surface area contributed by atoms with Crippen LogP contribution in [0.4, 0.5) is 10.2 Å². The summed E-state index contributed by atoms with van der Waals surface area (Å²) in [5.74, 6) is -0.466. The molecule has 1 saturated heterocycles. The Labute approximate surface area is 197 Å². The minimum absolute atomic E-state index is 0.00270. The molecule has 1 aliphatic rings. The number of primary amides is 1. The molecule has 0 radical (unpaired) electrons. The normalized spacial score (nSPS) is 17.5. The number of hydrogen-bond acceptors (Lipinski definition) is 7. The monoisotopic (exact) mass is 484 g/mol. The summed E-state index contributed by atoms with van der Waals surface area (Å²) in [5, 5.41) is -0.319. The molecule has 1 aliphatic heterocycles. The van der Waals surface area contributed by atoms with Gasteiger partial charge in [-0.1, -0.05) is 13.0 Å². The van der Waals surface area contributed by atoms with Crippen LogP contribution in [0.1, 0.15) is 37.6 Å². The summed E-state index contributed by atoms with van der Waals surface area (Å²) in [5.41, 5.74) is 5.18. The van der Waals surface area contributed by atoms with E-state index in [0.29, 0.717) is 12.5 Å². The molecule has 1 fully saturated rings. The second-order valence-corrected chi connectivity index (χ2v) is 10.8. The maximum atomic E-state index is 13.6. The van der Waals surface area contributed by atoms with Crippen LogP contribution in [0.5, 0.6) is 11.6 Å². The highest BCUT2D eigenvalue weighted by Crippen LogP contribution is 2.39. The average Bonchev–Trinajstić information content (AvgIpc) is 3.06. The van der Waals surface area contributed by atoms with Gasteiger partial charge in [0.05, 0.1) is 4.90 Å². The predicted octanol–water partition coefficient (Wildman–Crippen LogP) is 3.96. The van der Waals surface area contributed by atoms with Crippen molar-refractivity contribution in [2.24, 2.45) is 11.7 Å². The molecule has 178 valence electrons. The number of rotatable bonds is 6. The number of carbonyl (C=O) groups is 1. The number of hydrogen-bond donors (Lipinski definition) is 1. The summed E-state index contributed by atoms with van der Waals surface area (Å²) in [7, 11) is -4.26. The summed E-state index contributed by atoms with van der Waals surface area (Å²) in [4.78, 5) is 22.6. The minimum atomic E-state index is -4.26. The molecule has 2 aromatic heterocycles. The third-order valence-electron chi connectivity index (χ3n) is 5.77. The highest BCUT2D eigenvalue weighted by molar-refractivity contribution is 7.91. The van der Waals surface area contributed by atoms with Gasteiger partial charge in [0.15, 0.2) is 5.03 Å². The molecule has 0 spiro atoms. The average molecular weight is 485 g/mol. The fraction of sp³-hybridized carbons (Fsp3) is 0.292. The zero-order valence-corrected chi connectivity index (χ0v) is 19.8. The Bertz CT molecular complexity index is 1340. The van der Waals surface area contributed by atoms with Crippen LogP contribution in [-0.2, 0) is 9.84 Å². The van der Waals surface area contributed by atoms with Crippen LogP contribution in [-0.4, -0.2) is 36.4 Å². The van der Waals surface area contributed by atoms with E-state index in [0.717, 1.165) is 6.42 Å². The number of benzene rings is 1. The van der Waals surface area contributed by atoms with E-state index in [1.54, 1.807) is 0 Å². The first-order valence-electron chi connectivity index (χ1n) is 10.7. The number of sulfone groups is 1. The third kappa shape index (κ3) is 4.45. The molecule has 3 aromatic rings. The smallest absolute Gasteiger partial charge is 0.253 e. The molecule has 8 nitrogen and oxygen atoms in total. The summed E-state index contributed by atoms with van der Waals surface area (Å²) in [6.45, 7) is 6.73. The molecule has 0 saturated carbocycles. The highest BCUT2D eigenvalue weighted by Gasteiger charge is 2.40. The lowest BCUT2D eigenvalue weighted by molar-refractivity contribution is 0.0997. The summed E-state index contributed by atoms with van der Waals surface area (Å²) >= 11 is 0. The Balaban J connectivity index is 1.77. The Morgan fingerprint density at radius 3 is 2.50 bits per heavy atom. The number of ether oxygens (including phenoxy) is 1. The lowest BCUT2D eigenvalue weighted by Gasteiger charge is -2.33. The van der Waals surface area contributed by atoms with Crippen molar-refractivity contribution in [1.82, 2.24) is 9.97 Å². The lowest BCUT2D eigenvalue weighted by Crippen LogP contribution is -2.40. The van der Waals surface area contributed by atoms with E-state index < -0.39 is 21.6 Å². The van der Waals surface area contributed by atoms with Crippen molar-refractivity contribution in [2.75, 3.05) is 11.4 Å². The molecule has 1 aromatic carbocycles.